The van der Waals surface area contributed by atoms with Crippen LogP contribution in [-0.2, 0) is 14.3 Å². The summed E-state index contributed by atoms with van der Waals surface area (Å²) >= 11 is 0. The van der Waals surface area contributed by atoms with E-state index < -0.39 is 10.1 Å². The molecule has 0 aliphatic carbocycles. The van der Waals surface area contributed by atoms with Crippen molar-refractivity contribution in [1.29, 1.82) is 0 Å². The average Bonchev–Trinajstić information content (AvgIpc) is 2.95. The van der Waals surface area contributed by atoms with Crippen molar-refractivity contribution in [2.75, 3.05) is 6.61 Å². The highest BCUT2D eigenvalue weighted by Gasteiger charge is 2.33. The van der Waals surface area contributed by atoms with Crippen LogP contribution in [0, 0.1) is 6.92 Å². The van der Waals surface area contributed by atoms with Crippen LogP contribution in [0.4, 0.5) is 0 Å². The van der Waals surface area contributed by atoms with Gasteiger partial charge in [-0.3, -0.25) is 4.18 Å². The number of hydrogen-bond acceptors (Lipinski definition) is 4. The highest BCUT2D eigenvalue weighted by molar-refractivity contribution is 7.86. The predicted octanol–water partition coefficient (Wildman–Crippen LogP) is 2.22. The minimum absolute atomic E-state index is 0.136. The second-order valence-electron chi connectivity index (χ2n) is 3.42. The number of hydrogen-bond donors (Lipinski definition) is 0. The molecule has 1 aliphatic heterocycles. The number of benzene rings is 1. The van der Waals surface area contributed by atoms with E-state index in [9.17, 15) is 8.42 Å². The normalized spacial score (nSPS) is 13.2. The molecule has 5 heteroatoms. The van der Waals surface area contributed by atoms with Gasteiger partial charge in [0.05, 0.1) is 6.61 Å². The standard InChI is InChI=1S/C10H12O4S/c1-3-6-13-15(11,12)8-5-4-7(2)9-10(8)14-9/h4-5H,3,6H2,1-2H3. The molecule has 1 aromatic rings. The Kier molecular flexibility index (Phi) is 2.44. The third-order valence-electron chi connectivity index (χ3n) is 2.15. The Morgan fingerprint density at radius 1 is 1.33 bits per heavy atom. The summed E-state index contributed by atoms with van der Waals surface area (Å²) in [5.74, 6) is 1.10. The van der Waals surface area contributed by atoms with E-state index in [2.05, 4.69) is 0 Å². The summed E-state index contributed by atoms with van der Waals surface area (Å²) in [7, 11) is -3.64. The maximum absolute atomic E-state index is 11.7. The van der Waals surface area contributed by atoms with Crippen molar-refractivity contribution in [1.82, 2.24) is 0 Å². The third kappa shape index (κ3) is 1.85. The molecule has 0 unspecified atom stereocenters. The molecule has 0 saturated carbocycles. The lowest BCUT2D eigenvalue weighted by atomic mass is 10.2. The fourth-order valence-electron chi connectivity index (χ4n) is 1.30. The van der Waals surface area contributed by atoms with Gasteiger partial charge >= 0.3 is 10.1 Å². The van der Waals surface area contributed by atoms with Crippen LogP contribution in [0.2, 0.25) is 0 Å². The Morgan fingerprint density at radius 3 is 2.73 bits per heavy atom. The Bertz CT molecular complexity index is 490. The number of aryl methyl sites for hydroxylation is 1. The first-order valence-electron chi connectivity index (χ1n) is 4.77. The van der Waals surface area contributed by atoms with Gasteiger partial charge < -0.3 is 4.74 Å². The van der Waals surface area contributed by atoms with E-state index in [0.717, 1.165) is 5.56 Å². The van der Waals surface area contributed by atoms with Crippen LogP contribution in [0.15, 0.2) is 17.0 Å². The van der Waals surface area contributed by atoms with Crippen molar-refractivity contribution in [3.8, 4) is 11.5 Å². The van der Waals surface area contributed by atoms with Crippen molar-refractivity contribution >= 4 is 10.1 Å². The van der Waals surface area contributed by atoms with Gasteiger partial charge in [0.2, 0.25) is 0 Å². The molecular formula is C10H12O4S. The van der Waals surface area contributed by atoms with Gasteiger partial charge in [0.15, 0.2) is 11.5 Å². The molecule has 0 fully saturated rings. The highest BCUT2D eigenvalue weighted by Crippen LogP contribution is 2.52. The first-order valence-corrected chi connectivity index (χ1v) is 6.18. The van der Waals surface area contributed by atoms with Crippen molar-refractivity contribution in [2.24, 2.45) is 0 Å². The summed E-state index contributed by atoms with van der Waals surface area (Å²) < 4.78 is 33.2. The van der Waals surface area contributed by atoms with Gasteiger partial charge in [0.25, 0.3) is 0 Å². The van der Waals surface area contributed by atoms with Crippen LogP contribution in [0.5, 0.6) is 11.5 Å². The molecule has 1 aliphatic rings. The second-order valence-corrected chi connectivity index (χ2v) is 5.00. The summed E-state index contributed by atoms with van der Waals surface area (Å²) in [5.41, 5.74) is 0.944. The topological polar surface area (TPSA) is 55.9 Å². The minimum Gasteiger partial charge on any atom is -0.448 e. The van der Waals surface area contributed by atoms with E-state index in [4.69, 9.17) is 8.92 Å². The molecule has 0 aromatic heterocycles. The fourth-order valence-corrected chi connectivity index (χ4v) is 2.41. The van der Waals surface area contributed by atoms with Gasteiger partial charge in [0, 0.05) is 0 Å². The summed E-state index contributed by atoms with van der Waals surface area (Å²) in [6.45, 7) is 3.92. The molecule has 82 valence electrons. The lowest BCUT2D eigenvalue weighted by Gasteiger charge is -2.01. The van der Waals surface area contributed by atoms with Crippen LogP contribution in [0.25, 0.3) is 0 Å². The molecule has 15 heavy (non-hydrogen) atoms. The van der Waals surface area contributed by atoms with Crippen molar-refractivity contribution < 1.29 is 17.3 Å². The minimum atomic E-state index is -3.64. The zero-order chi connectivity index (χ0) is 11.1. The monoisotopic (exact) mass is 228 g/mol. The molecule has 0 radical (unpaired) electrons. The van der Waals surface area contributed by atoms with E-state index in [1.54, 1.807) is 6.07 Å². The van der Waals surface area contributed by atoms with Crippen molar-refractivity contribution in [2.45, 2.75) is 25.2 Å². The van der Waals surface area contributed by atoms with Crippen LogP contribution >= 0.6 is 0 Å². The van der Waals surface area contributed by atoms with Crippen molar-refractivity contribution in [3.63, 3.8) is 0 Å². The molecule has 2 rings (SSSR count). The quantitative estimate of drug-likeness (QED) is 0.594. The first-order chi connectivity index (χ1) is 7.06. The molecule has 0 saturated heterocycles. The van der Waals surface area contributed by atoms with Gasteiger partial charge in [-0.05, 0) is 25.0 Å². The van der Waals surface area contributed by atoms with E-state index in [1.165, 1.54) is 6.07 Å². The Hall–Kier alpha value is -1.07. The zero-order valence-corrected chi connectivity index (χ0v) is 9.43. The molecule has 0 N–H and O–H groups in total. The Labute approximate surface area is 88.9 Å². The van der Waals surface area contributed by atoms with Gasteiger partial charge in [-0.15, -0.1) is 0 Å². The van der Waals surface area contributed by atoms with Crippen LogP contribution in [0.1, 0.15) is 18.9 Å². The smallest absolute Gasteiger partial charge is 0.300 e. The summed E-state index contributed by atoms with van der Waals surface area (Å²) in [4.78, 5) is 0.136. The van der Waals surface area contributed by atoms with Crippen molar-refractivity contribution in [3.05, 3.63) is 17.7 Å². The SMILES string of the molecule is CCCOS(=O)(=O)c1ccc(C)c2c1O2. The van der Waals surface area contributed by atoms with Crippen LogP contribution < -0.4 is 4.74 Å². The third-order valence-corrected chi connectivity index (χ3v) is 3.48. The predicted molar refractivity (Wildman–Crippen MR) is 54.7 cm³/mol. The molecule has 0 atom stereocenters. The molecule has 1 heterocycles. The number of ether oxygens (including phenoxy) is 1. The fraction of sp³-hybridized carbons (Fsp3) is 0.400. The Morgan fingerprint density at radius 2 is 2.07 bits per heavy atom. The van der Waals surface area contributed by atoms with Gasteiger partial charge in [-0.25, -0.2) is 0 Å². The second kappa shape index (κ2) is 3.50. The Balaban J connectivity index is 2.32. The van der Waals surface area contributed by atoms with E-state index >= 15 is 0 Å². The molecule has 0 bridgehead atoms. The molecule has 0 amide bonds. The summed E-state index contributed by atoms with van der Waals surface area (Å²) in [6.07, 6.45) is 0.661. The van der Waals surface area contributed by atoms with Gasteiger partial charge in [-0.1, -0.05) is 13.0 Å². The number of rotatable bonds is 4. The zero-order valence-electron chi connectivity index (χ0n) is 8.61. The van der Waals surface area contributed by atoms with E-state index in [0.29, 0.717) is 17.9 Å². The van der Waals surface area contributed by atoms with E-state index in [-0.39, 0.29) is 11.5 Å². The maximum Gasteiger partial charge on any atom is 0.300 e. The number of fused-ring (bicyclic) bond motifs is 1. The highest BCUT2D eigenvalue weighted by atomic mass is 32.2. The molecular weight excluding hydrogens is 216 g/mol. The van der Waals surface area contributed by atoms with Gasteiger partial charge in [-0.2, -0.15) is 8.42 Å². The van der Waals surface area contributed by atoms with Crippen LogP contribution in [0.3, 0.4) is 0 Å². The molecule has 4 nitrogen and oxygen atoms in total. The largest absolute Gasteiger partial charge is 0.448 e. The molecule has 1 aromatic carbocycles. The lowest BCUT2D eigenvalue weighted by molar-refractivity contribution is 0.317. The maximum atomic E-state index is 11.7. The lowest BCUT2D eigenvalue weighted by Crippen LogP contribution is -2.06. The average molecular weight is 228 g/mol. The summed E-state index contributed by atoms with van der Waals surface area (Å²) in [5, 5.41) is 0. The molecule has 0 spiro atoms. The van der Waals surface area contributed by atoms with E-state index in [1.807, 2.05) is 13.8 Å². The summed E-state index contributed by atoms with van der Waals surface area (Å²) in [6, 6.07) is 3.24. The van der Waals surface area contributed by atoms with Gasteiger partial charge in [0.1, 0.15) is 4.90 Å². The van der Waals surface area contributed by atoms with Crippen LogP contribution in [-0.4, -0.2) is 15.0 Å². The first kappa shape index (κ1) is 10.4.